The van der Waals surface area contributed by atoms with Crippen LogP contribution >= 0.6 is 0 Å². The molecule has 0 aromatic carbocycles. The molecule has 1 saturated heterocycles. The number of piperazine rings is 1. The number of ketones is 1. The average molecular weight is 212 g/mol. The van der Waals surface area contributed by atoms with Crippen LogP contribution in [0.5, 0.6) is 0 Å². The molecule has 1 fully saturated rings. The second kappa shape index (κ2) is 5.26. The highest BCUT2D eigenvalue weighted by Crippen LogP contribution is 2.12. The Balaban J connectivity index is 2.56. The van der Waals surface area contributed by atoms with Gasteiger partial charge in [0.2, 0.25) is 5.91 Å². The fourth-order valence-electron chi connectivity index (χ4n) is 1.91. The molecule has 0 saturated carbocycles. The van der Waals surface area contributed by atoms with Crippen molar-refractivity contribution >= 4 is 11.7 Å². The molecule has 0 aromatic heterocycles. The van der Waals surface area contributed by atoms with Gasteiger partial charge in [0.25, 0.3) is 0 Å². The largest absolute Gasteiger partial charge is 0.344 e. The number of rotatable bonds is 4. The highest BCUT2D eigenvalue weighted by Gasteiger charge is 2.33. The van der Waals surface area contributed by atoms with Gasteiger partial charge >= 0.3 is 0 Å². The van der Waals surface area contributed by atoms with Crippen LogP contribution in [0.2, 0.25) is 0 Å². The van der Waals surface area contributed by atoms with E-state index in [1.165, 1.54) is 6.92 Å². The van der Waals surface area contributed by atoms with E-state index < -0.39 is 0 Å². The van der Waals surface area contributed by atoms with Gasteiger partial charge < -0.3 is 5.32 Å². The lowest BCUT2D eigenvalue weighted by molar-refractivity contribution is -0.135. The number of carbonyl (C=O) groups excluding carboxylic acids is 2. The maximum Gasteiger partial charge on any atom is 0.237 e. The van der Waals surface area contributed by atoms with Gasteiger partial charge in [0, 0.05) is 6.54 Å². The molecule has 1 N–H and O–H groups in total. The molecule has 1 rings (SSSR count). The maximum atomic E-state index is 11.7. The Hall–Kier alpha value is -0.900. The van der Waals surface area contributed by atoms with Crippen LogP contribution in [-0.2, 0) is 9.59 Å². The van der Waals surface area contributed by atoms with Crippen LogP contribution in [0.3, 0.4) is 0 Å². The lowest BCUT2D eigenvalue weighted by Gasteiger charge is -2.36. The van der Waals surface area contributed by atoms with Crippen LogP contribution < -0.4 is 5.32 Å². The summed E-state index contributed by atoms with van der Waals surface area (Å²) < 4.78 is 0. The summed E-state index contributed by atoms with van der Waals surface area (Å²) in [6.07, 6.45) is 3.02. The van der Waals surface area contributed by atoms with Gasteiger partial charge in [0.15, 0.2) is 5.78 Å². The normalized spacial score (nSPS) is 27.5. The van der Waals surface area contributed by atoms with Crippen molar-refractivity contribution in [3.63, 3.8) is 0 Å². The first-order valence-electron chi connectivity index (χ1n) is 5.57. The molecule has 0 radical (unpaired) electrons. The lowest BCUT2D eigenvalue weighted by Crippen LogP contribution is -2.60. The minimum absolute atomic E-state index is 0.00241. The molecule has 0 aliphatic carbocycles. The van der Waals surface area contributed by atoms with Gasteiger partial charge in [-0.15, -0.1) is 0 Å². The van der Waals surface area contributed by atoms with Crippen LogP contribution in [0, 0.1) is 0 Å². The van der Waals surface area contributed by atoms with E-state index in [-0.39, 0.29) is 23.8 Å². The molecule has 1 amide bonds. The number of nitrogens with one attached hydrogen (secondary N) is 1. The van der Waals surface area contributed by atoms with E-state index in [0.29, 0.717) is 6.54 Å². The zero-order valence-electron chi connectivity index (χ0n) is 9.75. The van der Waals surface area contributed by atoms with Gasteiger partial charge in [-0.2, -0.15) is 0 Å². The van der Waals surface area contributed by atoms with Crippen molar-refractivity contribution in [1.82, 2.24) is 10.2 Å². The third-order valence-corrected chi connectivity index (χ3v) is 2.94. The van der Waals surface area contributed by atoms with Crippen LogP contribution in [-0.4, -0.2) is 42.3 Å². The number of Topliss-reactive ketones (excluding diaryl/α,β-unsaturated/α-hetero) is 1. The van der Waals surface area contributed by atoms with Gasteiger partial charge in [-0.25, -0.2) is 0 Å². The highest BCUT2D eigenvalue weighted by molar-refractivity contribution is 5.91. The number of carbonyl (C=O) groups is 2. The molecule has 86 valence electrons. The minimum atomic E-state index is -0.319. The molecule has 4 heteroatoms. The van der Waals surface area contributed by atoms with Crippen molar-refractivity contribution in [3.8, 4) is 0 Å². The molecule has 0 bridgehead atoms. The van der Waals surface area contributed by atoms with Gasteiger partial charge in [0.1, 0.15) is 0 Å². The molecular weight excluding hydrogens is 192 g/mol. The molecular formula is C11H20N2O2. The number of hydrogen-bond donors (Lipinski definition) is 1. The topological polar surface area (TPSA) is 49.4 Å². The van der Waals surface area contributed by atoms with Crippen LogP contribution in [0.25, 0.3) is 0 Å². The predicted octanol–water partition coefficient (Wildman–Crippen LogP) is 0.564. The standard InChI is InChI=1S/C11H20N2O2/c1-4-5-6-10-11(15)12-9(8(2)14)7-13(10)3/h9-10H,4-7H2,1-3H3,(H,12,15)/t9-,10-/m1/s1. The third-order valence-electron chi connectivity index (χ3n) is 2.94. The third kappa shape index (κ3) is 3.02. The number of amides is 1. The van der Waals surface area contributed by atoms with E-state index in [1.54, 1.807) is 0 Å². The Morgan fingerprint density at radius 1 is 1.60 bits per heavy atom. The predicted molar refractivity (Wildman–Crippen MR) is 58.6 cm³/mol. The van der Waals surface area contributed by atoms with Gasteiger partial charge in [0.05, 0.1) is 12.1 Å². The summed E-state index contributed by atoms with van der Waals surface area (Å²) in [5, 5.41) is 2.78. The number of unbranched alkanes of at least 4 members (excludes halogenated alkanes) is 1. The molecule has 1 aliphatic heterocycles. The first-order chi connectivity index (χ1) is 7.06. The Bertz CT molecular complexity index is 253. The fourth-order valence-corrected chi connectivity index (χ4v) is 1.91. The molecule has 0 spiro atoms. The van der Waals surface area contributed by atoms with E-state index in [1.807, 2.05) is 11.9 Å². The average Bonchev–Trinajstić information content (AvgIpc) is 2.16. The van der Waals surface area contributed by atoms with Crippen LogP contribution in [0.1, 0.15) is 33.1 Å². The van der Waals surface area contributed by atoms with Crippen molar-refractivity contribution < 1.29 is 9.59 Å². The lowest BCUT2D eigenvalue weighted by atomic mass is 10.0. The molecule has 0 aromatic rings. The number of nitrogens with zero attached hydrogens (tertiary/aromatic N) is 1. The Morgan fingerprint density at radius 3 is 2.73 bits per heavy atom. The highest BCUT2D eigenvalue weighted by atomic mass is 16.2. The molecule has 0 unspecified atom stereocenters. The van der Waals surface area contributed by atoms with Crippen molar-refractivity contribution in [1.29, 1.82) is 0 Å². The summed E-state index contributed by atoms with van der Waals surface area (Å²) in [6, 6.07) is -0.374. The van der Waals surface area contributed by atoms with E-state index >= 15 is 0 Å². The van der Waals surface area contributed by atoms with Gasteiger partial charge in [-0.3, -0.25) is 14.5 Å². The summed E-state index contributed by atoms with van der Waals surface area (Å²) in [5.41, 5.74) is 0. The van der Waals surface area contributed by atoms with Gasteiger partial charge in [-0.05, 0) is 20.4 Å². The number of hydrogen-bond acceptors (Lipinski definition) is 3. The van der Waals surface area contributed by atoms with Crippen molar-refractivity contribution in [2.45, 2.75) is 45.2 Å². The monoisotopic (exact) mass is 212 g/mol. The summed E-state index contributed by atoms with van der Waals surface area (Å²) in [5.74, 6) is 0.0292. The Labute approximate surface area is 91.0 Å². The second-order valence-corrected chi connectivity index (χ2v) is 4.27. The SMILES string of the molecule is CCCC[C@@H]1C(=O)N[C@@H](C(C)=O)CN1C. The van der Waals surface area contributed by atoms with Crippen molar-refractivity contribution in [3.05, 3.63) is 0 Å². The first kappa shape index (κ1) is 12.2. The molecule has 4 nitrogen and oxygen atoms in total. The van der Waals surface area contributed by atoms with E-state index in [2.05, 4.69) is 12.2 Å². The zero-order valence-corrected chi connectivity index (χ0v) is 9.75. The van der Waals surface area contributed by atoms with Crippen LogP contribution in [0.4, 0.5) is 0 Å². The van der Waals surface area contributed by atoms with Crippen molar-refractivity contribution in [2.24, 2.45) is 0 Å². The quantitative estimate of drug-likeness (QED) is 0.741. The first-order valence-corrected chi connectivity index (χ1v) is 5.57. The van der Waals surface area contributed by atoms with Crippen LogP contribution in [0.15, 0.2) is 0 Å². The molecule has 1 aliphatic rings. The second-order valence-electron chi connectivity index (χ2n) is 4.27. The van der Waals surface area contributed by atoms with E-state index in [4.69, 9.17) is 0 Å². The van der Waals surface area contributed by atoms with E-state index in [9.17, 15) is 9.59 Å². The fraction of sp³-hybridized carbons (Fsp3) is 0.818. The summed E-state index contributed by atoms with van der Waals surface area (Å²) >= 11 is 0. The summed E-state index contributed by atoms with van der Waals surface area (Å²) in [4.78, 5) is 24.9. The van der Waals surface area contributed by atoms with Crippen molar-refractivity contribution in [2.75, 3.05) is 13.6 Å². The Kier molecular flexibility index (Phi) is 4.27. The minimum Gasteiger partial charge on any atom is -0.344 e. The Morgan fingerprint density at radius 2 is 2.27 bits per heavy atom. The zero-order chi connectivity index (χ0) is 11.4. The maximum absolute atomic E-state index is 11.7. The molecule has 15 heavy (non-hydrogen) atoms. The molecule has 1 heterocycles. The number of likely N-dealkylation sites (N-methyl/N-ethyl adjacent to an activating group) is 1. The van der Waals surface area contributed by atoms with E-state index in [0.717, 1.165) is 19.3 Å². The summed E-state index contributed by atoms with van der Waals surface area (Å²) in [6.45, 7) is 4.26. The van der Waals surface area contributed by atoms with Gasteiger partial charge in [-0.1, -0.05) is 19.8 Å². The smallest absolute Gasteiger partial charge is 0.237 e. The summed E-state index contributed by atoms with van der Waals surface area (Å²) in [7, 11) is 1.91. The molecule has 2 atom stereocenters.